The molecule has 0 aliphatic heterocycles. The second-order valence-electron chi connectivity index (χ2n) is 9.88. The lowest BCUT2D eigenvalue weighted by Crippen LogP contribution is -2.59. The van der Waals surface area contributed by atoms with E-state index in [1.165, 1.54) is 60.3 Å². The molecule has 1 atom stereocenters. The number of aliphatic hydroxyl groups excluding tert-OH is 1. The van der Waals surface area contributed by atoms with E-state index in [0.717, 1.165) is 17.8 Å². The van der Waals surface area contributed by atoms with Crippen molar-refractivity contribution in [1.82, 2.24) is 9.88 Å². The minimum absolute atomic E-state index is 0. The summed E-state index contributed by atoms with van der Waals surface area (Å²) in [5.74, 6) is 2.81. The molecule has 1 unspecified atom stereocenters. The molecule has 2 N–H and O–H groups in total. The summed E-state index contributed by atoms with van der Waals surface area (Å²) in [4.78, 5) is 0. The van der Waals surface area contributed by atoms with Gasteiger partial charge in [0.1, 0.15) is 0 Å². The van der Waals surface area contributed by atoms with Crippen LogP contribution >= 0.6 is 12.4 Å². The lowest BCUT2D eigenvalue weighted by Gasteiger charge is -2.57. The minimum Gasteiger partial charge on any atom is -0.390 e. The molecule has 0 spiro atoms. The van der Waals surface area contributed by atoms with E-state index in [-0.39, 0.29) is 18.5 Å². The zero-order valence-electron chi connectivity index (χ0n) is 16.9. The van der Waals surface area contributed by atoms with Crippen LogP contribution in [0.15, 0.2) is 48.5 Å². The third-order valence-electron chi connectivity index (χ3n) is 7.82. The van der Waals surface area contributed by atoms with Crippen molar-refractivity contribution < 1.29 is 5.11 Å². The van der Waals surface area contributed by atoms with Crippen LogP contribution in [0.4, 0.5) is 0 Å². The Morgan fingerprint density at radius 3 is 1.86 bits per heavy atom. The highest BCUT2D eigenvalue weighted by Gasteiger charge is 2.50. The average Bonchev–Trinajstić information content (AvgIpc) is 3.00. The number of aliphatic hydroxyl groups is 1. The summed E-state index contributed by atoms with van der Waals surface area (Å²) in [5.41, 5.74) is 2.76. The van der Waals surface area contributed by atoms with Gasteiger partial charge >= 0.3 is 0 Å². The van der Waals surface area contributed by atoms with Crippen molar-refractivity contribution in [2.75, 3.05) is 6.54 Å². The monoisotopic (exact) mass is 410 g/mol. The topological polar surface area (TPSA) is 37.2 Å². The molecule has 0 saturated heterocycles. The van der Waals surface area contributed by atoms with E-state index in [0.29, 0.717) is 18.6 Å². The predicted octanol–water partition coefficient (Wildman–Crippen LogP) is 5.14. The number of rotatable bonds is 5. The van der Waals surface area contributed by atoms with E-state index in [2.05, 4.69) is 58.4 Å². The van der Waals surface area contributed by atoms with Crippen molar-refractivity contribution in [3.8, 4) is 0 Å². The van der Waals surface area contributed by atoms with E-state index in [1.807, 2.05) is 0 Å². The third kappa shape index (κ3) is 3.28. The van der Waals surface area contributed by atoms with Crippen molar-refractivity contribution in [2.24, 2.45) is 17.8 Å². The first-order chi connectivity index (χ1) is 13.7. The van der Waals surface area contributed by atoms with Crippen molar-refractivity contribution in [3.63, 3.8) is 0 Å². The number of halogens is 1. The Bertz CT molecular complexity index is 937. The number of benzene rings is 2. The van der Waals surface area contributed by atoms with Crippen LogP contribution < -0.4 is 5.32 Å². The van der Waals surface area contributed by atoms with Crippen molar-refractivity contribution >= 4 is 34.2 Å². The standard InChI is InChI=1S/C25H30N2O.ClH/c28-20(15-26-25-12-17-9-18(13-25)11-19(10-17)14-25)16-27-23-7-3-1-5-21(23)22-6-2-4-8-24(22)27;/h1-8,17-20,26,28H,9-16H2;1H. The van der Waals surface area contributed by atoms with Crippen LogP contribution in [0.25, 0.3) is 21.8 Å². The van der Waals surface area contributed by atoms with Gasteiger partial charge in [-0.25, -0.2) is 0 Å². The molecule has 2 aromatic carbocycles. The van der Waals surface area contributed by atoms with Gasteiger partial charge in [0.2, 0.25) is 0 Å². The molecule has 1 heterocycles. The lowest BCUT2D eigenvalue weighted by molar-refractivity contribution is -0.0252. The Morgan fingerprint density at radius 1 is 0.862 bits per heavy atom. The number of β-amino-alcohol motifs (C(OH)–C–C–N with tert-alkyl or cyclic N) is 1. The number of nitrogens with one attached hydrogen (secondary N) is 1. The van der Waals surface area contributed by atoms with E-state index < -0.39 is 0 Å². The Hall–Kier alpha value is -1.55. The van der Waals surface area contributed by atoms with Gasteiger partial charge in [0.15, 0.2) is 0 Å². The number of hydrogen-bond acceptors (Lipinski definition) is 2. The fraction of sp³-hybridized carbons (Fsp3) is 0.520. The summed E-state index contributed by atoms with van der Waals surface area (Å²) in [6, 6.07) is 17.1. The molecule has 4 bridgehead atoms. The van der Waals surface area contributed by atoms with Gasteiger partial charge in [-0.05, 0) is 68.4 Å². The molecular weight excluding hydrogens is 380 g/mol. The van der Waals surface area contributed by atoms with Crippen LogP contribution in [0, 0.1) is 17.8 Å². The first-order valence-corrected chi connectivity index (χ1v) is 11.1. The van der Waals surface area contributed by atoms with Crippen molar-refractivity contribution in [2.45, 2.75) is 56.7 Å². The van der Waals surface area contributed by atoms with Crippen LogP contribution in [0.1, 0.15) is 38.5 Å². The summed E-state index contributed by atoms with van der Waals surface area (Å²) < 4.78 is 2.30. The van der Waals surface area contributed by atoms with Gasteiger partial charge in [0, 0.05) is 33.9 Å². The Labute approximate surface area is 178 Å². The molecule has 4 aliphatic rings. The average molecular weight is 411 g/mol. The first-order valence-electron chi connectivity index (χ1n) is 11.1. The maximum atomic E-state index is 11.0. The summed E-state index contributed by atoms with van der Waals surface area (Å²) in [6.07, 6.45) is 8.02. The largest absolute Gasteiger partial charge is 0.390 e. The molecule has 3 aromatic rings. The normalized spacial score (nSPS) is 31.3. The Morgan fingerprint density at radius 2 is 1.34 bits per heavy atom. The first kappa shape index (κ1) is 19.4. The fourth-order valence-corrected chi connectivity index (χ4v) is 7.14. The fourth-order valence-electron chi connectivity index (χ4n) is 7.14. The van der Waals surface area contributed by atoms with E-state index in [4.69, 9.17) is 0 Å². The molecular formula is C25H31ClN2O. The van der Waals surface area contributed by atoms with Gasteiger partial charge in [0.05, 0.1) is 12.6 Å². The molecule has 4 fully saturated rings. The van der Waals surface area contributed by atoms with Crippen molar-refractivity contribution in [1.29, 1.82) is 0 Å². The number of para-hydroxylation sites is 2. The highest BCUT2D eigenvalue weighted by atomic mass is 35.5. The van der Waals surface area contributed by atoms with Crippen molar-refractivity contribution in [3.05, 3.63) is 48.5 Å². The van der Waals surface area contributed by atoms with Gasteiger partial charge in [-0.2, -0.15) is 0 Å². The van der Waals surface area contributed by atoms with Gasteiger partial charge in [-0.1, -0.05) is 36.4 Å². The minimum atomic E-state index is -0.368. The quantitative estimate of drug-likeness (QED) is 0.611. The molecule has 154 valence electrons. The molecule has 4 saturated carbocycles. The Balaban J connectivity index is 0.00000181. The highest BCUT2D eigenvalue weighted by Crippen LogP contribution is 2.55. The summed E-state index contributed by atoms with van der Waals surface area (Å²) in [5, 5.41) is 17.4. The number of nitrogens with zero attached hydrogens (tertiary/aromatic N) is 1. The Kier molecular flexibility index (Phi) is 4.89. The third-order valence-corrected chi connectivity index (χ3v) is 7.82. The molecule has 0 amide bonds. The molecule has 3 nitrogen and oxygen atoms in total. The van der Waals surface area contributed by atoms with Crippen LogP contribution in [0.3, 0.4) is 0 Å². The van der Waals surface area contributed by atoms with Gasteiger partial charge in [-0.15, -0.1) is 12.4 Å². The number of fused-ring (bicyclic) bond motifs is 3. The van der Waals surface area contributed by atoms with E-state index in [9.17, 15) is 5.11 Å². The van der Waals surface area contributed by atoms with Crippen LogP contribution in [-0.2, 0) is 6.54 Å². The van der Waals surface area contributed by atoms with E-state index in [1.54, 1.807) is 0 Å². The van der Waals surface area contributed by atoms with Crippen LogP contribution in [0.2, 0.25) is 0 Å². The summed E-state index contributed by atoms with van der Waals surface area (Å²) in [6.45, 7) is 1.35. The summed E-state index contributed by atoms with van der Waals surface area (Å²) >= 11 is 0. The summed E-state index contributed by atoms with van der Waals surface area (Å²) in [7, 11) is 0. The molecule has 0 radical (unpaired) electrons. The molecule has 1 aromatic heterocycles. The van der Waals surface area contributed by atoms with Gasteiger partial charge in [-0.3, -0.25) is 0 Å². The zero-order chi connectivity index (χ0) is 18.7. The molecule has 4 heteroatoms. The lowest BCUT2D eigenvalue weighted by atomic mass is 9.53. The van der Waals surface area contributed by atoms with Crippen LogP contribution in [-0.4, -0.2) is 27.9 Å². The second-order valence-corrected chi connectivity index (χ2v) is 9.88. The SMILES string of the molecule is Cl.OC(CNC12CC3CC(CC(C3)C1)C2)Cn1c2ccccc2c2ccccc21. The smallest absolute Gasteiger partial charge is 0.0843 e. The number of hydrogen-bond donors (Lipinski definition) is 2. The van der Waals surface area contributed by atoms with Gasteiger partial charge in [0.25, 0.3) is 0 Å². The molecule has 4 aliphatic carbocycles. The highest BCUT2D eigenvalue weighted by molar-refractivity contribution is 6.07. The number of aromatic nitrogens is 1. The molecule has 7 rings (SSSR count). The second kappa shape index (κ2) is 7.30. The predicted molar refractivity (Wildman–Crippen MR) is 122 cm³/mol. The van der Waals surface area contributed by atoms with Crippen LogP contribution in [0.5, 0.6) is 0 Å². The maximum absolute atomic E-state index is 11.0. The van der Waals surface area contributed by atoms with E-state index >= 15 is 0 Å². The van der Waals surface area contributed by atoms with Gasteiger partial charge < -0.3 is 15.0 Å². The zero-order valence-corrected chi connectivity index (χ0v) is 17.7. The molecule has 29 heavy (non-hydrogen) atoms. The maximum Gasteiger partial charge on any atom is 0.0843 e.